The molecule has 2 atom stereocenters. The van der Waals surface area contributed by atoms with Crippen LogP contribution in [0.5, 0.6) is 0 Å². The van der Waals surface area contributed by atoms with Crippen molar-refractivity contribution in [1.82, 2.24) is 0 Å². The molecule has 0 aliphatic rings. The van der Waals surface area contributed by atoms with Crippen LogP contribution >= 0.6 is 0 Å². The second kappa shape index (κ2) is 7.46. The van der Waals surface area contributed by atoms with E-state index in [1.807, 2.05) is 13.8 Å². The van der Waals surface area contributed by atoms with Gasteiger partial charge in [0.05, 0.1) is 0 Å². The molecule has 0 N–H and O–H groups in total. The van der Waals surface area contributed by atoms with Crippen LogP contribution in [-0.2, 0) is 0 Å². The monoisotopic (exact) mass is 246 g/mol. The maximum atomic E-state index is 5.64. The van der Waals surface area contributed by atoms with Crippen molar-refractivity contribution >= 4 is 25.9 Å². The van der Waals surface area contributed by atoms with Crippen LogP contribution in [0.1, 0.15) is 69.2 Å². The van der Waals surface area contributed by atoms with E-state index in [0.29, 0.717) is 22.7 Å². The van der Waals surface area contributed by atoms with Crippen molar-refractivity contribution in [3.8, 4) is 0 Å². The summed E-state index contributed by atoms with van der Waals surface area (Å²) in [6, 6.07) is 0. The van der Waals surface area contributed by atoms with Gasteiger partial charge in [0.1, 0.15) is 0 Å². The molecule has 102 valence electrons. The zero-order valence-electron chi connectivity index (χ0n) is 14.3. The quantitative estimate of drug-likeness (QED) is 0.644. The summed E-state index contributed by atoms with van der Waals surface area (Å²) in [5.41, 5.74) is 2.70. The number of rotatable bonds is 2. The van der Waals surface area contributed by atoms with Crippen LogP contribution in [-0.4, -0.2) is 25.9 Å². The van der Waals surface area contributed by atoms with Crippen LogP contribution in [0.2, 0.25) is 0 Å². The summed E-state index contributed by atoms with van der Waals surface area (Å²) in [6.07, 6.45) is 0. The van der Waals surface area contributed by atoms with E-state index in [9.17, 15) is 0 Å². The van der Waals surface area contributed by atoms with Crippen LogP contribution in [0.4, 0.5) is 0 Å². The molecule has 2 heteroatoms. The van der Waals surface area contributed by atoms with E-state index < -0.39 is 0 Å². The molecule has 18 heavy (non-hydrogen) atoms. The van der Waals surface area contributed by atoms with Crippen LogP contribution in [0.25, 0.3) is 0 Å². The fourth-order valence-corrected chi connectivity index (χ4v) is 1.37. The molecule has 0 amide bonds. The molecule has 0 aromatic rings. The summed E-state index contributed by atoms with van der Waals surface area (Å²) in [7, 11) is 11.3. The molecule has 0 aliphatic carbocycles. The third-order valence-corrected chi connectivity index (χ3v) is 3.96. The molecule has 0 heterocycles. The second-order valence-corrected chi connectivity index (χ2v) is 7.66. The average Bonchev–Trinajstić information content (AvgIpc) is 2.13. The van der Waals surface area contributed by atoms with Gasteiger partial charge >= 0.3 is 118 Å². The van der Waals surface area contributed by atoms with Crippen LogP contribution < -0.4 is 0 Å². The predicted molar refractivity (Wildman–Crippen MR) is 90.1 cm³/mol. The molecule has 0 aromatic carbocycles. The van der Waals surface area contributed by atoms with E-state index in [1.165, 1.54) is 0 Å². The molecule has 0 bridgehead atoms. The van der Waals surface area contributed by atoms with Gasteiger partial charge in [-0.3, -0.25) is 0 Å². The third kappa shape index (κ3) is 8.89. The Morgan fingerprint density at radius 2 is 0.833 bits per heavy atom. The van der Waals surface area contributed by atoms with Crippen LogP contribution in [0, 0.1) is 22.7 Å². The first-order valence-corrected chi connectivity index (χ1v) is 6.89. The fourth-order valence-electron chi connectivity index (χ4n) is 1.37. The summed E-state index contributed by atoms with van der Waals surface area (Å²) in [5, 5.41) is 0. The molecule has 0 nitrogen and oxygen atoms in total. The molecule has 2 radical (unpaired) electrons. The summed E-state index contributed by atoms with van der Waals surface area (Å²) in [5.74, 6) is 1.02. The minimum absolute atomic E-state index is 0.318. The Bertz CT molecular complexity index is 246. The topological polar surface area (TPSA) is 0 Å². The zero-order valence-corrected chi connectivity index (χ0v) is 14.3. The first-order valence-electron chi connectivity index (χ1n) is 6.89. The Morgan fingerprint density at radius 3 is 0.833 bits per heavy atom. The summed E-state index contributed by atoms with van der Waals surface area (Å²) < 4.78 is 0. The zero-order chi connectivity index (χ0) is 15.3. The normalized spacial score (nSPS) is 15.1. The summed E-state index contributed by atoms with van der Waals surface area (Å²) in [4.78, 5) is 0. The molecule has 0 spiro atoms. The molecular weight excluding hydrogens is 214 g/mol. The number of hydrogen-bond donors (Lipinski definition) is 0. The standard InChI is InChI=1S/2C8H16B/c2*1-6(7(2)9)8(3,4)5/h2*6H,1-5H3. The van der Waals surface area contributed by atoms with Crippen molar-refractivity contribution < 1.29 is 0 Å². The van der Waals surface area contributed by atoms with Gasteiger partial charge in [0, 0.05) is 0 Å². The molecule has 0 saturated carbocycles. The summed E-state index contributed by atoms with van der Waals surface area (Å²) >= 11 is 0. The van der Waals surface area contributed by atoms with Crippen LogP contribution in [0.3, 0.4) is 0 Å². The Kier molecular flexibility index (Phi) is 8.37. The van der Waals surface area contributed by atoms with Crippen molar-refractivity contribution in [3.05, 3.63) is 0 Å². The van der Waals surface area contributed by atoms with Crippen molar-refractivity contribution in [2.75, 3.05) is 0 Å². The molecule has 0 fully saturated rings. The third-order valence-electron chi connectivity index (χ3n) is 3.96. The number of hydrogen-bond acceptors (Lipinski definition) is 0. The van der Waals surface area contributed by atoms with E-state index in [-0.39, 0.29) is 0 Å². The van der Waals surface area contributed by atoms with E-state index in [4.69, 9.17) is 15.0 Å². The average molecular weight is 246 g/mol. The van der Waals surface area contributed by atoms with Crippen molar-refractivity contribution in [2.24, 2.45) is 22.7 Å². The van der Waals surface area contributed by atoms with Crippen molar-refractivity contribution in [3.63, 3.8) is 0 Å². The molecule has 0 aromatic heterocycles. The Balaban J connectivity index is 0. The summed E-state index contributed by atoms with van der Waals surface area (Å²) in [6.45, 7) is 21.5. The van der Waals surface area contributed by atoms with E-state index in [2.05, 4.69) is 55.4 Å². The van der Waals surface area contributed by atoms with Gasteiger partial charge in [0.15, 0.2) is 0 Å². The van der Waals surface area contributed by atoms with Gasteiger partial charge in [0.25, 0.3) is 0 Å². The molecule has 0 aliphatic heterocycles. The van der Waals surface area contributed by atoms with E-state index in [0.717, 1.165) is 10.9 Å². The van der Waals surface area contributed by atoms with Gasteiger partial charge in [-0.25, -0.2) is 0 Å². The maximum absolute atomic E-state index is 5.64. The van der Waals surface area contributed by atoms with Gasteiger partial charge in [-0.1, -0.05) is 0 Å². The van der Waals surface area contributed by atoms with Gasteiger partial charge in [-0.2, -0.15) is 0 Å². The van der Waals surface area contributed by atoms with E-state index >= 15 is 0 Å². The SMILES string of the molecule is [B]=C(C)C(C)C(C)(C)C.[B]=C(C)C(C)C(C)(C)C. The Labute approximate surface area is 118 Å². The van der Waals surface area contributed by atoms with Gasteiger partial charge < -0.3 is 0 Å². The van der Waals surface area contributed by atoms with Gasteiger partial charge in [-0.15, -0.1) is 0 Å². The van der Waals surface area contributed by atoms with Gasteiger partial charge in [-0.05, 0) is 0 Å². The predicted octanol–water partition coefficient (Wildman–Crippen LogP) is 4.06. The second-order valence-electron chi connectivity index (χ2n) is 7.66. The Morgan fingerprint density at radius 1 is 0.667 bits per heavy atom. The molecule has 0 rings (SSSR count). The molecule has 2 unspecified atom stereocenters. The minimum atomic E-state index is 0.318. The Hall–Kier alpha value is -0.130. The van der Waals surface area contributed by atoms with Crippen molar-refractivity contribution in [2.45, 2.75) is 69.2 Å². The van der Waals surface area contributed by atoms with Crippen LogP contribution in [0.15, 0.2) is 0 Å². The molecule has 0 saturated heterocycles. The molecular formula is C16H32B2. The van der Waals surface area contributed by atoms with E-state index in [1.54, 1.807) is 0 Å². The van der Waals surface area contributed by atoms with Gasteiger partial charge in [0.2, 0.25) is 0 Å². The first-order chi connectivity index (χ1) is 7.71. The fraction of sp³-hybridized carbons (Fsp3) is 0.875. The van der Waals surface area contributed by atoms with Crippen molar-refractivity contribution in [1.29, 1.82) is 0 Å². The first kappa shape index (κ1) is 20.2.